The second-order valence-electron chi connectivity index (χ2n) is 3.29. The number of carbonyl (C=O) groups is 1. The Bertz CT molecular complexity index is 371. The number of rotatable bonds is 3. The molecule has 0 unspecified atom stereocenters. The molecule has 1 aromatic carbocycles. The third kappa shape index (κ3) is 2.62. The number of hydrogen-bond donors (Lipinski definition) is 2. The number of carbonyl (C=O) groups excluding carboxylic acids is 1. The molecule has 0 aromatic heterocycles. The zero-order chi connectivity index (χ0) is 11.4. The molecule has 0 aliphatic carbocycles. The fraction of sp³-hybridized carbons (Fsp3) is 0.364. The van der Waals surface area contributed by atoms with Crippen molar-refractivity contribution >= 4 is 5.97 Å². The Balaban J connectivity index is 2.78. The fourth-order valence-corrected chi connectivity index (χ4v) is 1.29. The molecule has 82 valence electrons. The highest BCUT2D eigenvalue weighted by molar-refractivity contribution is 5.69. The van der Waals surface area contributed by atoms with Crippen LogP contribution < -0.4 is 0 Å². The minimum atomic E-state index is -0.319. The van der Waals surface area contributed by atoms with E-state index in [9.17, 15) is 15.0 Å². The molecule has 0 spiro atoms. The van der Waals surface area contributed by atoms with Crippen molar-refractivity contribution in [3.8, 4) is 11.5 Å². The van der Waals surface area contributed by atoms with Gasteiger partial charge in [-0.1, -0.05) is 6.07 Å². The molecule has 0 saturated heterocycles. The van der Waals surface area contributed by atoms with Gasteiger partial charge in [-0.2, -0.15) is 0 Å². The standard InChI is InChI=1S/C11H14O4/c1-7-9(12)5-3-8(11(7)14)4-6-10(13)15-2/h3,5,12,14H,4,6H2,1-2H3. The molecule has 4 heteroatoms. The van der Waals surface area contributed by atoms with Gasteiger partial charge in [-0.25, -0.2) is 0 Å². The average Bonchev–Trinajstić information content (AvgIpc) is 2.24. The molecule has 0 aliphatic rings. The van der Waals surface area contributed by atoms with Gasteiger partial charge in [-0.15, -0.1) is 0 Å². The van der Waals surface area contributed by atoms with E-state index in [0.29, 0.717) is 17.5 Å². The van der Waals surface area contributed by atoms with Gasteiger partial charge in [0.15, 0.2) is 0 Å². The minimum absolute atomic E-state index is 0.0407. The first-order valence-electron chi connectivity index (χ1n) is 4.63. The van der Waals surface area contributed by atoms with Gasteiger partial charge in [-0.3, -0.25) is 4.79 Å². The smallest absolute Gasteiger partial charge is 0.305 e. The highest BCUT2D eigenvalue weighted by Gasteiger charge is 2.09. The number of hydrogen-bond acceptors (Lipinski definition) is 4. The Kier molecular flexibility index (Phi) is 3.55. The van der Waals surface area contributed by atoms with E-state index in [4.69, 9.17) is 0 Å². The monoisotopic (exact) mass is 210 g/mol. The van der Waals surface area contributed by atoms with Gasteiger partial charge in [0.1, 0.15) is 11.5 Å². The number of aromatic hydroxyl groups is 2. The lowest BCUT2D eigenvalue weighted by Crippen LogP contribution is -2.02. The van der Waals surface area contributed by atoms with Crippen molar-refractivity contribution in [1.82, 2.24) is 0 Å². The summed E-state index contributed by atoms with van der Waals surface area (Å²) in [5.41, 5.74) is 1.06. The van der Waals surface area contributed by atoms with Gasteiger partial charge >= 0.3 is 5.97 Å². The second kappa shape index (κ2) is 4.68. The summed E-state index contributed by atoms with van der Waals surface area (Å²) in [6.07, 6.45) is 0.619. The van der Waals surface area contributed by atoms with E-state index in [1.165, 1.54) is 13.2 Å². The molecule has 0 amide bonds. The maximum Gasteiger partial charge on any atom is 0.305 e. The molecule has 0 heterocycles. The van der Waals surface area contributed by atoms with E-state index in [1.54, 1.807) is 13.0 Å². The molecule has 0 aliphatic heterocycles. The number of aryl methyl sites for hydroxylation is 1. The lowest BCUT2D eigenvalue weighted by molar-refractivity contribution is -0.140. The van der Waals surface area contributed by atoms with Gasteiger partial charge in [0.2, 0.25) is 0 Å². The van der Waals surface area contributed by atoms with Crippen LogP contribution in [0, 0.1) is 6.92 Å². The molecule has 15 heavy (non-hydrogen) atoms. The van der Waals surface area contributed by atoms with Crippen LogP contribution in [0.4, 0.5) is 0 Å². The van der Waals surface area contributed by atoms with Crippen molar-refractivity contribution in [2.45, 2.75) is 19.8 Å². The molecule has 4 nitrogen and oxygen atoms in total. The van der Waals surface area contributed by atoms with Crippen molar-refractivity contribution in [2.24, 2.45) is 0 Å². The van der Waals surface area contributed by atoms with Crippen LogP contribution in [-0.4, -0.2) is 23.3 Å². The summed E-state index contributed by atoms with van der Waals surface area (Å²) in [5.74, 6) is -0.228. The summed E-state index contributed by atoms with van der Waals surface area (Å²) >= 11 is 0. The number of benzene rings is 1. The SMILES string of the molecule is COC(=O)CCc1ccc(O)c(C)c1O. The minimum Gasteiger partial charge on any atom is -0.508 e. The fourth-order valence-electron chi connectivity index (χ4n) is 1.29. The lowest BCUT2D eigenvalue weighted by atomic mass is 10.0. The summed E-state index contributed by atoms with van der Waals surface area (Å²) in [7, 11) is 1.32. The topological polar surface area (TPSA) is 66.8 Å². The lowest BCUT2D eigenvalue weighted by Gasteiger charge is -2.07. The Labute approximate surface area is 88.1 Å². The third-order valence-electron chi connectivity index (χ3n) is 2.31. The van der Waals surface area contributed by atoms with Gasteiger partial charge < -0.3 is 14.9 Å². The van der Waals surface area contributed by atoms with Crippen LogP contribution in [0.2, 0.25) is 0 Å². The number of phenols is 2. The Morgan fingerprint density at radius 3 is 2.67 bits per heavy atom. The molecule has 1 rings (SSSR count). The molecule has 0 radical (unpaired) electrons. The van der Waals surface area contributed by atoms with Crippen LogP contribution in [0.3, 0.4) is 0 Å². The first kappa shape index (κ1) is 11.4. The van der Waals surface area contributed by atoms with E-state index < -0.39 is 0 Å². The first-order valence-corrected chi connectivity index (χ1v) is 4.63. The van der Waals surface area contributed by atoms with E-state index in [0.717, 1.165) is 0 Å². The zero-order valence-electron chi connectivity index (χ0n) is 8.78. The van der Waals surface area contributed by atoms with Gasteiger partial charge in [0, 0.05) is 12.0 Å². The van der Waals surface area contributed by atoms with E-state index >= 15 is 0 Å². The van der Waals surface area contributed by atoms with Crippen molar-refractivity contribution in [3.05, 3.63) is 23.3 Å². The summed E-state index contributed by atoms with van der Waals surface area (Å²) in [4.78, 5) is 10.9. The van der Waals surface area contributed by atoms with Gasteiger partial charge in [0.05, 0.1) is 7.11 Å². The largest absolute Gasteiger partial charge is 0.508 e. The van der Waals surface area contributed by atoms with Crippen LogP contribution in [0.25, 0.3) is 0 Å². The predicted molar refractivity (Wildman–Crippen MR) is 54.8 cm³/mol. The summed E-state index contributed by atoms with van der Waals surface area (Å²) in [6.45, 7) is 1.62. The maximum atomic E-state index is 10.9. The van der Waals surface area contributed by atoms with Crippen molar-refractivity contribution < 1.29 is 19.7 Å². The van der Waals surface area contributed by atoms with E-state index in [1.807, 2.05) is 0 Å². The quantitative estimate of drug-likeness (QED) is 0.742. The summed E-state index contributed by atoms with van der Waals surface area (Å²) in [5, 5.41) is 18.9. The third-order valence-corrected chi connectivity index (χ3v) is 2.31. The number of esters is 1. The average molecular weight is 210 g/mol. The number of ether oxygens (including phenoxy) is 1. The molecule has 1 aromatic rings. The van der Waals surface area contributed by atoms with Crippen molar-refractivity contribution in [2.75, 3.05) is 7.11 Å². The summed E-state index contributed by atoms with van der Waals surface area (Å²) < 4.78 is 4.50. The molecule has 0 bridgehead atoms. The van der Waals surface area contributed by atoms with Gasteiger partial charge in [0.25, 0.3) is 0 Å². The molecule has 0 atom stereocenters. The van der Waals surface area contributed by atoms with Crippen LogP contribution in [-0.2, 0) is 16.0 Å². The van der Waals surface area contributed by atoms with Crippen LogP contribution >= 0.6 is 0 Å². The Morgan fingerprint density at radius 1 is 1.40 bits per heavy atom. The molecule has 0 fully saturated rings. The molecular weight excluding hydrogens is 196 g/mol. The van der Waals surface area contributed by atoms with Gasteiger partial charge in [-0.05, 0) is 25.0 Å². The highest BCUT2D eigenvalue weighted by atomic mass is 16.5. The zero-order valence-corrected chi connectivity index (χ0v) is 8.78. The van der Waals surface area contributed by atoms with E-state index in [-0.39, 0.29) is 23.9 Å². The first-order chi connectivity index (χ1) is 7.06. The number of methoxy groups -OCH3 is 1. The molecule has 2 N–H and O–H groups in total. The number of phenolic OH excluding ortho intramolecular Hbond substituents is 2. The van der Waals surface area contributed by atoms with E-state index in [2.05, 4.69) is 4.74 Å². The summed E-state index contributed by atoms with van der Waals surface area (Å²) in [6, 6.07) is 3.10. The Hall–Kier alpha value is -1.71. The molecule has 0 saturated carbocycles. The van der Waals surface area contributed by atoms with Crippen LogP contribution in [0.5, 0.6) is 11.5 Å². The van der Waals surface area contributed by atoms with Crippen LogP contribution in [0.15, 0.2) is 12.1 Å². The highest BCUT2D eigenvalue weighted by Crippen LogP contribution is 2.30. The van der Waals surface area contributed by atoms with Crippen molar-refractivity contribution in [1.29, 1.82) is 0 Å². The predicted octanol–water partition coefficient (Wildman–Crippen LogP) is 1.51. The maximum absolute atomic E-state index is 10.9. The van der Waals surface area contributed by atoms with Crippen molar-refractivity contribution in [3.63, 3.8) is 0 Å². The normalized spacial score (nSPS) is 10.0. The molecular formula is C11H14O4. The Morgan fingerprint density at radius 2 is 2.07 bits per heavy atom. The van der Waals surface area contributed by atoms with Crippen LogP contribution in [0.1, 0.15) is 17.5 Å². The second-order valence-corrected chi connectivity index (χ2v) is 3.29.